The number of hydrogen-bond acceptors (Lipinski definition) is 6. The van der Waals surface area contributed by atoms with E-state index in [-0.39, 0.29) is 5.91 Å². The number of hydrogen-bond donors (Lipinski definition) is 1. The fraction of sp³-hybridized carbons (Fsp3) is 0.273. The molecule has 7 heteroatoms. The summed E-state index contributed by atoms with van der Waals surface area (Å²) in [6.45, 7) is 2.81. The van der Waals surface area contributed by atoms with E-state index in [1.165, 1.54) is 0 Å². The van der Waals surface area contributed by atoms with Crippen molar-refractivity contribution in [3.63, 3.8) is 0 Å². The van der Waals surface area contributed by atoms with Gasteiger partial charge in [0, 0.05) is 18.5 Å². The van der Waals surface area contributed by atoms with Crippen LogP contribution in [0.2, 0.25) is 0 Å². The van der Waals surface area contributed by atoms with Crippen LogP contribution in [0.1, 0.15) is 23.0 Å². The largest absolute Gasteiger partial charge is 0.493 e. The first kappa shape index (κ1) is 20.3. The summed E-state index contributed by atoms with van der Waals surface area (Å²) >= 11 is 0. The van der Waals surface area contributed by atoms with Crippen LogP contribution in [0.5, 0.6) is 17.2 Å². The first-order valence-electron chi connectivity index (χ1n) is 9.33. The van der Waals surface area contributed by atoms with Gasteiger partial charge in [-0.15, -0.1) is 0 Å². The summed E-state index contributed by atoms with van der Waals surface area (Å²) in [5, 5.41) is 2.89. The molecular weight excluding hydrogens is 372 g/mol. The number of carbonyl (C=O) groups is 1. The number of nitrogens with one attached hydrogen (secondary N) is 1. The van der Waals surface area contributed by atoms with Crippen molar-refractivity contribution in [1.29, 1.82) is 0 Å². The van der Waals surface area contributed by atoms with Crippen LogP contribution >= 0.6 is 0 Å². The molecule has 0 unspecified atom stereocenters. The standard InChI is InChI=1S/C22H24N2O5/c1-4-28-18-8-6-5-7-17(18)21(25)23-12-11-16-14-29-22(24-16)15-9-10-19(26-2)20(13-15)27-3/h5-10,13-14H,4,11-12H2,1-3H3,(H,23,25). The predicted octanol–water partition coefficient (Wildman–Crippen LogP) is 3.73. The van der Waals surface area contributed by atoms with Gasteiger partial charge in [-0.3, -0.25) is 4.79 Å². The quantitative estimate of drug-likeness (QED) is 0.593. The molecule has 1 aromatic heterocycles. The molecule has 1 heterocycles. The maximum atomic E-state index is 12.4. The van der Waals surface area contributed by atoms with Crippen LogP contribution in [-0.4, -0.2) is 38.3 Å². The van der Waals surface area contributed by atoms with Crippen LogP contribution in [0, 0.1) is 0 Å². The van der Waals surface area contributed by atoms with Gasteiger partial charge in [0.25, 0.3) is 5.91 Å². The van der Waals surface area contributed by atoms with Gasteiger partial charge in [0.15, 0.2) is 11.5 Å². The monoisotopic (exact) mass is 396 g/mol. The van der Waals surface area contributed by atoms with E-state index in [9.17, 15) is 4.79 Å². The van der Waals surface area contributed by atoms with E-state index in [1.807, 2.05) is 25.1 Å². The van der Waals surface area contributed by atoms with Crippen LogP contribution in [0.15, 0.2) is 53.1 Å². The molecule has 0 bridgehead atoms. The van der Waals surface area contributed by atoms with Crippen LogP contribution in [-0.2, 0) is 6.42 Å². The summed E-state index contributed by atoms with van der Waals surface area (Å²) in [4.78, 5) is 16.9. The van der Waals surface area contributed by atoms with E-state index >= 15 is 0 Å². The van der Waals surface area contributed by atoms with Crippen LogP contribution < -0.4 is 19.5 Å². The lowest BCUT2D eigenvalue weighted by Crippen LogP contribution is -2.26. The molecule has 0 atom stereocenters. The number of benzene rings is 2. The number of methoxy groups -OCH3 is 2. The van der Waals surface area contributed by atoms with Crippen molar-refractivity contribution in [2.45, 2.75) is 13.3 Å². The van der Waals surface area contributed by atoms with Crippen LogP contribution in [0.25, 0.3) is 11.5 Å². The van der Waals surface area contributed by atoms with Gasteiger partial charge in [0.2, 0.25) is 5.89 Å². The van der Waals surface area contributed by atoms with Crippen molar-refractivity contribution in [2.75, 3.05) is 27.4 Å². The lowest BCUT2D eigenvalue weighted by atomic mass is 10.2. The van der Waals surface area contributed by atoms with E-state index in [0.29, 0.717) is 48.3 Å². The van der Waals surface area contributed by atoms with Gasteiger partial charge in [-0.25, -0.2) is 4.98 Å². The summed E-state index contributed by atoms with van der Waals surface area (Å²) in [7, 11) is 3.16. The van der Waals surface area contributed by atoms with Gasteiger partial charge >= 0.3 is 0 Å². The minimum absolute atomic E-state index is 0.183. The average Bonchev–Trinajstić information content (AvgIpc) is 3.22. The van der Waals surface area contributed by atoms with E-state index in [4.69, 9.17) is 18.6 Å². The summed E-state index contributed by atoms with van der Waals surface area (Å²) in [5.41, 5.74) is 2.04. The molecule has 0 saturated carbocycles. The summed E-state index contributed by atoms with van der Waals surface area (Å²) in [6, 6.07) is 12.6. The molecule has 0 spiro atoms. The summed E-state index contributed by atoms with van der Waals surface area (Å²) < 4.78 is 21.6. The predicted molar refractivity (Wildman–Crippen MR) is 109 cm³/mol. The van der Waals surface area contributed by atoms with E-state index < -0.39 is 0 Å². The molecule has 29 heavy (non-hydrogen) atoms. The molecule has 3 aromatic rings. The molecule has 152 valence electrons. The Balaban J connectivity index is 1.61. The molecule has 3 rings (SSSR count). The average molecular weight is 396 g/mol. The van der Waals surface area contributed by atoms with Gasteiger partial charge in [0.1, 0.15) is 12.0 Å². The van der Waals surface area contributed by atoms with E-state index in [2.05, 4.69) is 10.3 Å². The number of aromatic nitrogens is 1. The number of nitrogens with zero attached hydrogens (tertiary/aromatic N) is 1. The topological polar surface area (TPSA) is 82.8 Å². The van der Waals surface area contributed by atoms with Crippen molar-refractivity contribution in [2.24, 2.45) is 0 Å². The minimum Gasteiger partial charge on any atom is -0.493 e. The van der Waals surface area contributed by atoms with Crippen molar-refractivity contribution in [1.82, 2.24) is 10.3 Å². The molecule has 0 aliphatic heterocycles. The molecule has 0 radical (unpaired) electrons. The van der Waals surface area contributed by atoms with Gasteiger partial charge in [0.05, 0.1) is 32.1 Å². The SMILES string of the molecule is CCOc1ccccc1C(=O)NCCc1coc(-c2ccc(OC)c(OC)c2)n1. The van der Waals surface area contributed by atoms with Crippen LogP contribution in [0.4, 0.5) is 0 Å². The van der Waals surface area contributed by atoms with Crippen molar-refractivity contribution in [3.8, 4) is 28.7 Å². The second-order valence-corrected chi connectivity index (χ2v) is 6.15. The molecular formula is C22H24N2O5. The number of para-hydroxylation sites is 1. The third-order valence-electron chi connectivity index (χ3n) is 4.28. The minimum atomic E-state index is -0.183. The number of rotatable bonds is 9. The van der Waals surface area contributed by atoms with E-state index in [1.54, 1.807) is 44.7 Å². The molecule has 0 aliphatic carbocycles. The molecule has 1 N–H and O–H groups in total. The third-order valence-corrected chi connectivity index (χ3v) is 4.28. The smallest absolute Gasteiger partial charge is 0.255 e. The maximum absolute atomic E-state index is 12.4. The number of ether oxygens (including phenoxy) is 3. The highest BCUT2D eigenvalue weighted by Gasteiger charge is 2.13. The Morgan fingerprint density at radius 2 is 1.86 bits per heavy atom. The summed E-state index contributed by atoms with van der Waals surface area (Å²) in [5.74, 6) is 2.11. The zero-order valence-corrected chi connectivity index (χ0v) is 16.7. The fourth-order valence-electron chi connectivity index (χ4n) is 2.86. The van der Waals surface area contributed by atoms with Gasteiger partial charge < -0.3 is 23.9 Å². The second-order valence-electron chi connectivity index (χ2n) is 6.15. The molecule has 2 aromatic carbocycles. The first-order chi connectivity index (χ1) is 14.2. The molecule has 0 fully saturated rings. The fourth-order valence-corrected chi connectivity index (χ4v) is 2.86. The maximum Gasteiger partial charge on any atom is 0.255 e. The summed E-state index contributed by atoms with van der Waals surface area (Å²) in [6.07, 6.45) is 2.13. The normalized spacial score (nSPS) is 10.4. The Labute approximate surface area is 169 Å². The van der Waals surface area contributed by atoms with Crippen molar-refractivity contribution in [3.05, 3.63) is 60.0 Å². The first-order valence-corrected chi connectivity index (χ1v) is 9.33. The lowest BCUT2D eigenvalue weighted by Gasteiger charge is -2.09. The highest BCUT2D eigenvalue weighted by atomic mass is 16.5. The number of oxazole rings is 1. The van der Waals surface area contributed by atoms with Crippen molar-refractivity contribution >= 4 is 5.91 Å². The molecule has 1 amide bonds. The Bertz CT molecular complexity index is 967. The van der Waals surface area contributed by atoms with E-state index in [0.717, 1.165) is 11.3 Å². The Kier molecular flexibility index (Phi) is 6.73. The van der Waals surface area contributed by atoms with Gasteiger partial charge in [-0.05, 0) is 37.3 Å². The number of carbonyl (C=O) groups excluding carboxylic acids is 1. The van der Waals surface area contributed by atoms with Crippen molar-refractivity contribution < 1.29 is 23.4 Å². The highest BCUT2D eigenvalue weighted by molar-refractivity contribution is 5.96. The third kappa shape index (κ3) is 4.87. The lowest BCUT2D eigenvalue weighted by molar-refractivity contribution is 0.0950. The van der Waals surface area contributed by atoms with Gasteiger partial charge in [-0.2, -0.15) is 0 Å². The van der Waals surface area contributed by atoms with Gasteiger partial charge in [-0.1, -0.05) is 12.1 Å². The molecule has 7 nitrogen and oxygen atoms in total. The molecule has 0 aliphatic rings. The Hall–Kier alpha value is -3.48. The zero-order valence-electron chi connectivity index (χ0n) is 16.7. The zero-order chi connectivity index (χ0) is 20.6. The Morgan fingerprint density at radius 1 is 1.07 bits per heavy atom. The highest BCUT2D eigenvalue weighted by Crippen LogP contribution is 2.31. The van der Waals surface area contributed by atoms with Crippen LogP contribution in [0.3, 0.4) is 0 Å². The Morgan fingerprint density at radius 3 is 2.62 bits per heavy atom. The molecule has 0 saturated heterocycles. The second kappa shape index (κ2) is 9.64. The number of amides is 1.